The summed E-state index contributed by atoms with van der Waals surface area (Å²) in [6, 6.07) is 18.2. The molecule has 3 rings (SSSR count). The van der Waals surface area contributed by atoms with Crippen LogP contribution in [0.2, 0.25) is 0 Å². The van der Waals surface area contributed by atoms with Crippen LogP contribution < -0.4 is 0 Å². The second-order valence-electron chi connectivity index (χ2n) is 7.08. The molecule has 1 aliphatic heterocycles. The van der Waals surface area contributed by atoms with Crippen LogP contribution in [0.4, 0.5) is 0 Å². The topological polar surface area (TPSA) is 20.3 Å². The Kier molecular flexibility index (Phi) is 4.84. The van der Waals surface area contributed by atoms with Gasteiger partial charge in [-0.25, -0.2) is 0 Å². The van der Waals surface area contributed by atoms with Crippen molar-refractivity contribution in [3.8, 4) is 11.1 Å². The van der Waals surface area contributed by atoms with Gasteiger partial charge in [0.05, 0.1) is 0 Å². The number of carbonyl (C=O) groups is 1. The van der Waals surface area contributed by atoms with E-state index in [-0.39, 0.29) is 11.3 Å². The van der Waals surface area contributed by atoms with Gasteiger partial charge in [0.2, 0.25) is 0 Å². The maximum Gasteiger partial charge on any atom is 0.253 e. The molecule has 0 radical (unpaired) electrons. The molecule has 1 heterocycles. The molecule has 1 aliphatic rings. The molecule has 0 spiro atoms. The zero-order chi connectivity index (χ0) is 17.0. The van der Waals surface area contributed by atoms with Gasteiger partial charge in [0.1, 0.15) is 0 Å². The van der Waals surface area contributed by atoms with Gasteiger partial charge < -0.3 is 4.90 Å². The smallest absolute Gasteiger partial charge is 0.253 e. The summed E-state index contributed by atoms with van der Waals surface area (Å²) in [6.07, 6.45) is 5.17. The summed E-state index contributed by atoms with van der Waals surface area (Å²) in [5.74, 6) is 0.143. The molecule has 124 valence electrons. The molecule has 0 unspecified atom stereocenters. The molecule has 2 heteroatoms. The summed E-state index contributed by atoms with van der Waals surface area (Å²) in [5.41, 5.74) is 3.26. The average molecular weight is 319 g/mol. The van der Waals surface area contributed by atoms with Crippen molar-refractivity contribution in [1.82, 2.24) is 4.90 Å². The number of amides is 1. The Hall–Kier alpha value is -2.35. The first kappa shape index (κ1) is 16.5. The molecular formula is C22H25NO. The fourth-order valence-corrected chi connectivity index (χ4v) is 3.62. The van der Waals surface area contributed by atoms with E-state index >= 15 is 0 Å². The van der Waals surface area contributed by atoms with Crippen LogP contribution in [0.25, 0.3) is 11.1 Å². The average Bonchev–Trinajstić information content (AvgIpc) is 2.62. The predicted octanol–water partition coefficient (Wildman–Crippen LogP) is 5.17. The first-order valence-corrected chi connectivity index (χ1v) is 8.67. The summed E-state index contributed by atoms with van der Waals surface area (Å²) in [6.45, 7) is 7.79. The minimum Gasteiger partial charge on any atom is -0.338 e. The Balaban J connectivity index is 1.74. The van der Waals surface area contributed by atoms with Crippen molar-refractivity contribution in [3.63, 3.8) is 0 Å². The number of likely N-dealkylation sites (tertiary alicyclic amines) is 1. The zero-order valence-electron chi connectivity index (χ0n) is 14.4. The second-order valence-corrected chi connectivity index (χ2v) is 7.08. The number of benzene rings is 2. The third-order valence-electron chi connectivity index (χ3n) is 4.94. The number of piperidine rings is 1. The Morgan fingerprint density at radius 3 is 2.46 bits per heavy atom. The van der Waals surface area contributed by atoms with Crippen LogP contribution in [0.3, 0.4) is 0 Å². The summed E-state index contributed by atoms with van der Waals surface area (Å²) in [4.78, 5) is 14.8. The van der Waals surface area contributed by atoms with E-state index in [1.165, 1.54) is 5.56 Å². The summed E-state index contributed by atoms with van der Waals surface area (Å²) >= 11 is 0. The van der Waals surface area contributed by atoms with Gasteiger partial charge >= 0.3 is 0 Å². The largest absolute Gasteiger partial charge is 0.338 e. The van der Waals surface area contributed by atoms with Crippen molar-refractivity contribution in [1.29, 1.82) is 0 Å². The predicted molar refractivity (Wildman–Crippen MR) is 99.9 cm³/mol. The molecule has 2 nitrogen and oxygen atoms in total. The summed E-state index contributed by atoms with van der Waals surface area (Å²) in [7, 11) is 0. The fourth-order valence-electron chi connectivity index (χ4n) is 3.62. The number of hydrogen-bond donors (Lipinski definition) is 0. The number of nitrogens with zero attached hydrogens (tertiary/aromatic N) is 1. The Labute approximate surface area is 144 Å². The van der Waals surface area contributed by atoms with E-state index in [0.717, 1.165) is 43.5 Å². The minimum atomic E-state index is 0.143. The highest BCUT2D eigenvalue weighted by Gasteiger charge is 2.32. The SMILES string of the molecule is C=CC[C@]1(C)CCCN(C(=O)c2ccc(-c3ccccc3)cc2)C1. The third-order valence-corrected chi connectivity index (χ3v) is 4.94. The first-order chi connectivity index (χ1) is 11.6. The monoisotopic (exact) mass is 319 g/mol. The fraction of sp³-hybridized carbons (Fsp3) is 0.318. The van der Waals surface area contributed by atoms with E-state index in [0.29, 0.717) is 0 Å². The molecule has 1 atom stereocenters. The van der Waals surface area contributed by atoms with E-state index in [1.54, 1.807) is 0 Å². The van der Waals surface area contributed by atoms with E-state index in [9.17, 15) is 4.79 Å². The van der Waals surface area contributed by atoms with Gasteiger partial charge in [-0.1, -0.05) is 55.5 Å². The number of hydrogen-bond acceptors (Lipinski definition) is 1. The Morgan fingerprint density at radius 1 is 1.12 bits per heavy atom. The molecule has 24 heavy (non-hydrogen) atoms. The van der Waals surface area contributed by atoms with Gasteiger partial charge in [-0.05, 0) is 47.9 Å². The van der Waals surface area contributed by atoms with Gasteiger partial charge in [0.15, 0.2) is 0 Å². The zero-order valence-corrected chi connectivity index (χ0v) is 14.4. The van der Waals surface area contributed by atoms with Gasteiger partial charge in [0, 0.05) is 18.7 Å². The van der Waals surface area contributed by atoms with Crippen molar-refractivity contribution in [3.05, 3.63) is 72.8 Å². The van der Waals surface area contributed by atoms with Gasteiger partial charge in [-0.3, -0.25) is 4.79 Å². The Bertz CT molecular complexity index is 705. The lowest BCUT2D eigenvalue weighted by Crippen LogP contribution is -2.44. The van der Waals surface area contributed by atoms with Crippen LogP contribution in [0, 0.1) is 5.41 Å². The lowest BCUT2D eigenvalue weighted by atomic mass is 9.79. The van der Waals surface area contributed by atoms with Gasteiger partial charge in [-0.2, -0.15) is 0 Å². The standard InChI is InChI=1S/C22H25NO/c1-3-14-22(2)15-7-16-23(17-22)21(24)20-12-10-19(11-13-20)18-8-5-4-6-9-18/h3-6,8-13H,1,7,14-17H2,2H3/t22-/m1/s1. The highest BCUT2D eigenvalue weighted by atomic mass is 16.2. The molecule has 2 aromatic rings. The number of carbonyl (C=O) groups excluding carboxylic acids is 1. The lowest BCUT2D eigenvalue weighted by Gasteiger charge is -2.40. The van der Waals surface area contributed by atoms with E-state index < -0.39 is 0 Å². The highest BCUT2D eigenvalue weighted by Crippen LogP contribution is 2.33. The van der Waals surface area contributed by atoms with Crippen LogP contribution in [0.5, 0.6) is 0 Å². The van der Waals surface area contributed by atoms with Gasteiger partial charge in [0.25, 0.3) is 5.91 Å². The minimum absolute atomic E-state index is 0.143. The normalized spacial score (nSPS) is 20.6. The summed E-state index contributed by atoms with van der Waals surface area (Å²) < 4.78 is 0. The first-order valence-electron chi connectivity index (χ1n) is 8.67. The third kappa shape index (κ3) is 3.59. The second kappa shape index (κ2) is 7.04. The maximum atomic E-state index is 12.8. The van der Waals surface area contributed by atoms with Crippen LogP contribution >= 0.6 is 0 Å². The highest BCUT2D eigenvalue weighted by molar-refractivity contribution is 5.94. The van der Waals surface area contributed by atoms with E-state index in [1.807, 2.05) is 53.4 Å². The molecule has 1 fully saturated rings. The van der Waals surface area contributed by atoms with Crippen molar-refractivity contribution >= 4 is 5.91 Å². The van der Waals surface area contributed by atoms with Gasteiger partial charge in [-0.15, -0.1) is 6.58 Å². The lowest BCUT2D eigenvalue weighted by molar-refractivity contribution is 0.0556. The molecule has 0 N–H and O–H groups in total. The molecule has 2 aromatic carbocycles. The van der Waals surface area contributed by atoms with E-state index in [2.05, 4.69) is 25.6 Å². The van der Waals surface area contributed by atoms with Crippen molar-refractivity contribution in [2.45, 2.75) is 26.2 Å². The molecule has 0 bridgehead atoms. The maximum absolute atomic E-state index is 12.8. The number of allylic oxidation sites excluding steroid dienone is 1. The van der Waals surface area contributed by atoms with Crippen molar-refractivity contribution in [2.24, 2.45) is 5.41 Å². The molecule has 1 amide bonds. The van der Waals surface area contributed by atoms with Crippen LogP contribution in [-0.4, -0.2) is 23.9 Å². The Morgan fingerprint density at radius 2 is 1.79 bits per heavy atom. The molecule has 0 aliphatic carbocycles. The quantitative estimate of drug-likeness (QED) is 0.712. The van der Waals surface area contributed by atoms with Crippen LogP contribution in [0.15, 0.2) is 67.3 Å². The molecule has 1 saturated heterocycles. The van der Waals surface area contributed by atoms with E-state index in [4.69, 9.17) is 0 Å². The van der Waals surface area contributed by atoms with Crippen LogP contribution in [-0.2, 0) is 0 Å². The van der Waals surface area contributed by atoms with Crippen molar-refractivity contribution in [2.75, 3.05) is 13.1 Å². The molecule has 0 saturated carbocycles. The molecular weight excluding hydrogens is 294 g/mol. The summed E-state index contributed by atoms with van der Waals surface area (Å²) in [5, 5.41) is 0. The number of rotatable bonds is 4. The molecule has 0 aromatic heterocycles. The van der Waals surface area contributed by atoms with Crippen molar-refractivity contribution < 1.29 is 4.79 Å². The van der Waals surface area contributed by atoms with Crippen LogP contribution in [0.1, 0.15) is 36.5 Å².